The number of hydrogen-bond donors (Lipinski definition) is 0. The van der Waals surface area contributed by atoms with Crippen LogP contribution in [0.4, 0.5) is 0 Å². The monoisotopic (exact) mass is 213 g/mol. The van der Waals surface area contributed by atoms with Gasteiger partial charge in [0.25, 0.3) is 0 Å². The highest BCUT2D eigenvalue weighted by Gasteiger charge is 2.22. The quantitative estimate of drug-likeness (QED) is 0.672. The lowest BCUT2D eigenvalue weighted by atomic mass is 9.97. The summed E-state index contributed by atoms with van der Waals surface area (Å²) in [5.74, 6) is 0.488. The molecule has 0 saturated carbocycles. The number of rotatable bonds is 1. The minimum absolute atomic E-state index is 0.488. The smallest absolute Gasteiger partial charge is 0.185 e. The first-order chi connectivity index (χ1) is 7.81. The van der Waals surface area contributed by atoms with Crippen LogP contribution in [0.15, 0.2) is 18.3 Å². The molecule has 0 aliphatic heterocycles. The largest absolute Gasteiger partial charge is 0.328 e. The van der Waals surface area contributed by atoms with Gasteiger partial charge in [-0.3, -0.25) is 9.78 Å². The third kappa shape index (κ3) is 1.13. The minimum Gasteiger partial charge on any atom is -0.328 e. The maximum absolute atomic E-state index is 10.9. The van der Waals surface area contributed by atoms with E-state index in [4.69, 9.17) is 0 Å². The Hall–Kier alpha value is -1.97. The summed E-state index contributed by atoms with van der Waals surface area (Å²) in [6.07, 6.45) is 4.42. The highest BCUT2D eigenvalue weighted by atomic mass is 16.1. The van der Waals surface area contributed by atoms with E-state index in [-0.39, 0.29) is 0 Å². The molecule has 0 bridgehead atoms. The number of aryl methyl sites for hydroxylation is 1. The van der Waals surface area contributed by atoms with Crippen molar-refractivity contribution in [2.75, 3.05) is 0 Å². The summed E-state index contributed by atoms with van der Waals surface area (Å²) in [6.45, 7) is 0. The average Bonchev–Trinajstić information content (AvgIpc) is 2.67. The van der Waals surface area contributed by atoms with Gasteiger partial charge in [-0.15, -0.1) is 0 Å². The lowest BCUT2D eigenvalue weighted by Gasteiger charge is -2.14. The number of pyridine rings is 1. The van der Waals surface area contributed by atoms with Crippen LogP contribution in [0.25, 0.3) is 11.3 Å². The van der Waals surface area contributed by atoms with Crippen LogP contribution in [0.3, 0.4) is 0 Å². The lowest BCUT2D eigenvalue weighted by Crippen LogP contribution is -2.08. The van der Waals surface area contributed by atoms with E-state index in [0.29, 0.717) is 5.82 Å². The normalized spacial score (nSPS) is 13.1. The predicted octanol–water partition coefficient (Wildman–Crippen LogP) is 1.39. The number of carbonyl (C=O) groups is 1. The summed E-state index contributed by atoms with van der Waals surface area (Å²) in [4.78, 5) is 19.6. The summed E-state index contributed by atoms with van der Waals surface area (Å²) in [7, 11) is 1.89. The van der Waals surface area contributed by atoms with Crippen molar-refractivity contribution in [1.82, 2.24) is 14.5 Å². The van der Waals surface area contributed by atoms with Crippen LogP contribution in [0.2, 0.25) is 0 Å². The molecule has 2 aromatic rings. The van der Waals surface area contributed by atoms with Crippen LogP contribution in [0.1, 0.15) is 22.0 Å². The van der Waals surface area contributed by atoms with E-state index in [2.05, 4.69) is 9.97 Å². The van der Waals surface area contributed by atoms with Gasteiger partial charge in [0.2, 0.25) is 0 Å². The average molecular weight is 213 g/mol. The number of carbonyl (C=O) groups excluding carboxylic acids is 1. The lowest BCUT2D eigenvalue weighted by molar-refractivity contribution is 0.111. The van der Waals surface area contributed by atoms with E-state index in [9.17, 15) is 4.79 Å². The molecule has 2 aromatic heterocycles. The van der Waals surface area contributed by atoms with Crippen molar-refractivity contribution in [3.63, 3.8) is 0 Å². The van der Waals surface area contributed by atoms with Gasteiger partial charge in [-0.05, 0) is 25.0 Å². The van der Waals surface area contributed by atoms with Crippen molar-refractivity contribution in [1.29, 1.82) is 0 Å². The molecule has 80 valence electrons. The van der Waals surface area contributed by atoms with Crippen molar-refractivity contribution >= 4 is 6.29 Å². The highest BCUT2D eigenvalue weighted by Crippen LogP contribution is 2.31. The molecule has 0 unspecified atom stereocenters. The standard InChI is InChI=1S/C12H11N3O/c1-15-10-5-4-9-8(3-2-6-13-9)12(10)14-11(15)7-16/h2-3,6-7H,4-5H2,1H3. The molecule has 0 N–H and O–H groups in total. The van der Waals surface area contributed by atoms with Gasteiger partial charge in [-0.1, -0.05) is 0 Å². The van der Waals surface area contributed by atoms with Gasteiger partial charge in [0.05, 0.1) is 11.4 Å². The Bertz CT molecular complexity index is 572. The van der Waals surface area contributed by atoms with Crippen LogP contribution in [-0.4, -0.2) is 20.8 Å². The Labute approximate surface area is 93.0 Å². The van der Waals surface area contributed by atoms with Crippen LogP contribution in [0, 0.1) is 0 Å². The van der Waals surface area contributed by atoms with Gasteiger partial charge in [0.1, 0.15) is 0 Å². The molecule has 0 fully saturated rings. The molecule has 0 saturated heterocycles. The maximum Gasteiger partial charge on any atom is 0.185 e. The zero-order valence-corrected chi connectivity index (χ0v) is 8.97. The molecule has 1 aliphatic carbocycles. The van der Waals surface area contributed by atoms with Gasteiger partial charge in [0, 0.05) is 24.5 Å². The fourth-order valence-electron chi connectivity index (χ4n) is 2.25. The molecule has 0 radical (unpaired) electrons. The van der Waals surface area contributed by atoms with E-state index < -0.39 is 0 Å². The summed E-state index contributed by atoms with van der Waals surface area (Å²) < 4.78 is 1.87. The van der Waals surface area contributed by atoms with E-state index in [1.807, 2.05) is 23.7 Å². The molecule has 4 heteroatoms. The molecule has 2 heterocycles. The number of hydrogen-bond acceptors (Lipinski definition) is 3. The number of aromatic nitrogens is 3. The Morgan fingerprint density at radius 1 is 1.44 bits per heavy atom. The first-order valence-corrected chi connectivity index (χ1v) is 5.26. The maximum atomic E-state index is 10.9. The van der Waals surface area contributed by atoms with Gasteiger partial charge in [-0.25, -0.2) is 4.98 Å². The number of aldehydes is 1. The van der Waals surface area contributed by atoms with E-state index in [1.165, 1.54) is 0 Å². The molecule has 1 aliphatic rings. The molecule has 0 atom stereocenters. The molecule has 3 rings (SSSR count). The van der Waals surface area contributed by atoms with Crippen molar-refractivity contribution in [3.8, 4) is 11.3 Å². The highest BCUT2D eigenvalue weighted by molar-refractivity contribution is 5.75. The molecule has 0 amide bonds. The Kier molecular flexibility index (Phi) is 1.89. The second kappa shape index (κ2) is 3.27. The molecule has 0 spiro atoms. The van der Waals surface area contributed by atoms with Crippen LogP contribution >= 0.6 is 0 Å². The summed E-state index contributed by atoms with van der Waals surface area (Å²) in [5, 5.41) is 0. The molecular weight excluding hydrogens is 202 g/mol. The molecule has 16 heavy (non-hydrogen) atoms. The number of nitrogens with zero attached hydrogens (tertiary/aromatic N) is 3. The van der Waals surface area contributed by atoms with Crippen molar-refractivity contribution in [2.24, 2.45) is 7.05 Å². The first kappa shape index (κ1) is 9.27. The summed E-state index contributed by atoms with van der Waals surface area (Å²) in [6, 6.07) is 3.92. The second-order valence-corrected chi connectivity index (χ2v) is 3.94. The Morgan fingerprint density at radius 3 is 3.12 bits per heavy atom. The Morgan fingerprint density at radius 2 is 2.31 bits per heavy atom. The van der Waals surface area contributed by atoms with Crippen molar-refractivity contribution in [3.05, 3.63) is 35.5 Å². The van der Waals surface area contributed by atoms with E-state index in [1.54, 1.807) is 6.20 Å². The van der Waals surface area contributed by atoms with Crippen molar-refractivity contribution < 1.29 is 4.79 Å². The van der Waals surface area contributed by atoms with Gasteiger partial charge in [0.15, 0.2) is 12.1 Å². The fraction of sp³-hybridized carbons (Fsp3) is 0.250. The van der Waals surface area contributed by atoms with Crippen LogP contribution in [-0.2, 0) is 19.9 Å². The second-order valence-electron chi connectivity index (χ2n) is 3.94. The first-order valence-electron chi connectivity index (χ1n) is 5.26. The van der Waals surface area contributed by atoms with Crippen LogP contribution < -0.4 is 0 Å². The van der Waals surface area contributed by atoms with Crippen LogP contribution in [0.5, 0.6) is 0 Å². The SMILES string of the molecule is Cn1c(C=O)nc2c1CCc1ncccc1-2. The van der Waals surface area contributed by atoms with E-state index in [0.717, 1.165) is 41.8 Å². The van der Waals surface area contributed by atoms with Gasteiger partial charge >= 0.3 is 0 Å². The molecule has 0 aromatic carbocycles. The molecular formula is C12H11N3O. The summed E-state index contributed by atoms with van der Waals surface area (Å²) >= 11 is 0. The summed E-state index contributed by atoms with van der Waals surface area (Å²) in [5.41, 5.74) is 4.18. The Balaban J connectivity index is 2.29. The predicted molar refractivity (Wildman–Crippen MR) is 59.2 cm³/mol. The minimum atomic E-state index is 0.488. The zero-order chi connectivity index (χ0) is 11.1. The number of fused-ring (bicyclic) bond motifs is 3. The third-order valence-electron chi connectivity index (χ3n) is 3.10. The van der Waals surface area contributed by atoms with Crippen molar-refractivity contribution in [2.45, 2.75) is 12.8 Å². The van der Waals surface area contributed by atoms with Gasteiger partial charge in [-0.2, -0.15) is 0 Å². The fourth-order valence-corrected chi connectivity index (χ4v) is 2.25. The number of imidazole rings is 1. The third-order valence-corrected chi connectivity index (χ3v) is 3.10. The molecule has 4 nitrogen and oxygen atoms in total. The topological polar surface area (TPSA) is 47.8 Å². The van der Waals surface area contributed by atoms with E-state index >= 15 is 0 Å². The zero-order valence-electron chi connectivity index (χ0n) is 8.97. The van der Waals surface area contributed by atoms with Gasteiger partial charge < -0.3 is 4.57 Å².